The van der Waals surface area contributed by atoms with Crippen LogP contribution in [0.25, 0.3) is 11.1 Å². The summed E-state index contributed by atoms with van der Waals surface area (Å²) >= 11 is 0. The second-order valence-electron chi connectivity index (χ2n) is 10.1. The van der Waals surface area contributed by atoms with E-state index in [2.05, 4.69) is 22.8 Å². The van der Waals surface area contributed by atoms with Crippen molar-refractivity contribution in [2.24, 2.45) is 5.92 Å². The van der Waals surface area contributed by atoms with Crippen LogP contribution in [-0.4, -0.2) is 47.9 Å². The molecule has 8 heteroatoms. The van der Waals surface area contributed by atoms with Crippen molar-refractivity contribution in [1.29, 1.82) is 0 Å². The molecule has 0 aliphatic heterocycles. The molecule has 1 saturated carbocycles. The van der Waals surface area contributed by atoms with E-state index in [4.69, 9.17) is 9.47 Å². The maximum absolute atomic E-state index is 13.1. The van der Waals surface area contributed by atoms with Crippen molar-refractivity contribution in [3.05, 3.63) is 95.6 Å². The fourth-order valence-corrected chi connectivity index (χ4v) is 5.12. The Labute approximate surface area is 227 Å². The van der Waals surface area contributed by atoms with Crippen molar-refractivity contribution in [2.75, 3.05) is 6.61 Å². The molecule has 5 rings (SSSR count). The van der Waals surface area contributed by atoms with Gasteiger partial charge in [-0.25, -0.2) is 9.59 Å². The lowest BCUT2D eigenvalue weighted by Crippen LogP contribution is -2.56. The summed E-state index contributed by atoms with van der Waals surface area (Å²) in [6.45, 7) is 1.94. The van der Waals surface area contributed by atoms with E-state index in [9.17, 15) is 19.5 Å². The van der Waals surface area contributed by atoms with Crippen LogP contribution >= 0.6 is 0 Å². The molecule has 1 fully saturated rings. The third kappa shape index (κ3) is 6.12. The van der Waals surface area contributed by atoms with Crippen LogP contribution < -0.4 is 10.6 Å². The molecule has 2 amide bonds. The van der Waals surface area contributed by atoms with Crippen LogP contribution in [0.1, 0.15) is 42.4 Å². The quantitative estimate of drug-likeness (QED) is 0.338. The number of carboxylic acid groups (broad SMARTS) is 1. The number of carbonyl (C=O) groups is 3. The molecule has 0 bridgehead atoms. The third-order valence-corrected chi connectivity index (χ3v) is 7.38. The summed E-state index contributed by atoms with van der Waals surface area (Å²) in [6.07, 6.45) is 0.0316. The lowest BCUT2D eigenvalue weighted by Gasteiger charge is -2.25. The van der Waals surface area contributed by atoms with Gasteiger partial charge in [-0.2, -0.15) is 0 Å². The zero-order valence-electron chi connectivity index (χ0n) is 21.7. The molecule has 0 saturated heterocycles. The highest BCUT2D eigenvalue weighted by molar-refractivity contribution is 5.90. The van der Waals surface area contributed by atoms with E-state index in [0.29, 0.717) is 0 Å². The number of alkyl carbamates (subject to hydrolysis) is 1. The summed E-state index contributed by atoms with van der Waals surface area (Å²) in [4.78, 5) is 37.9. The van der Waals surface area contributed by atoms with Crippen LogP contribution in [0.15, 0.2) is 78.9 Å². The SMILES string of the molecule is C[C@H](OCc1ccccc1)[C@@H](NC(=O)C(NC(=O)OCC1c2ccccc2-c2ccccc21)C1CC1)C(=O)O. The minimum absolute atomic E-state index is 0.0690. The van der Waals surface area contributed by atoms with Gasteiger partial charge in [0.05, 0.1) is 12.7 Å². The monoisotopic (exact) mass is 528 g/mol. The Balaban J connectivity index is 1.19. The number of benzene rings is 3. The highest BCUT2D eigenvalue weighted by atomic mass is 16.5. The molecular formula is C31H32N2O6. The molecule has 0 heterocycles. The highest BCUT2D eigenvalue weighted by Gasteiger charge is 2.40. The van der Waals surface area contributed by atoms with Crippen LogP contribution in [0.5, 0.6) is 0 Å². The standard InChI is InChI=1S/C31H32N2O6/c1-19(38-17-20-9-3-2-4-10-20)27(30(35)36)32-29(34)28(21-15-16-21)33-31(37)39-18-26-24-13-7-5-11-22(24)23-12-6-8-14-25(23)26/h2-14,19,21,26-28H,15-18H2,1H3,(H,32,34)(H,33,37)(H,35,36)/t19-,27+,28?/m0/s1. The Hall–Kier alpha value is -4.17. The van der Waals surface area contributed by atoms with Crippen molar-refractivity contribution >= 4 is 18.0 Å². The van der Waals surface area contributed by atoms with Gasteiger partial charge in [-0.1, -0.05) is 78.9 Å². The van der Waals surface area contributed by atoms with Crippen molar-refractivity contribution in [3.63, 3.8) is 0 Å². The number of ether oxygens (including phenoxy) is 2. The third-order valence-electron chi connectivity index (χ3n) is 7.38. The van der Waals surface area contributed by atoms with Crippen molar-refractivity contribution in [1.82, 2.24) is 10.6 Å². The lowest BCUT2D eigenvalue weighted by atomic mass is 9.98. The van der Waals surface area contributed by atoms with Gasteiger partial charge in [0.2, 0.25) is 5.91 Å². The smallest absolute Gasteiger partial charge is 0.407 e. The molecule has 39 heavy (non-hydrogen) atoms. The summed E-state index contributed by atoms with van der Waals surface area (Å²) < 4.78 is 11.3. The van der Waals surface area contributed by atoms with Crippen LogP contribution in [0.3, 0.4) is 0 Å². The second kappa shape index (κ2) is 11.7. The first-order chi connectivity index (χ1) is 18.9. The molecule has 0 aromatic heterocycles. The van der Waals surface area contributed by atoms with Gasteiger partial charge in [-0.05, 0) is 53.5 Å². The summed E-state index contributed by atoms with van der Waals surface area (Å²) in [7, 11) is 0. The zero-order chi connectivity index (χ0) is 27.4. The number of amides is 2. The van der Waals surface area contributed by atoms with Gasteiger partial charge >= 0.3 is 12.1 Å². The number of fused-ring (bicyclic) bond motifs is 3. The minimum Gasteiger partial charge on any atom is -0.480 e. The van der Waals surface area contributed by atoms with Gasteiger partial charge in [-0.3, -0.25) is 4.79 Å². The number of rotatable bonds is 11. The fourth-order valence-electron chi connectivity index (χ4n) is 5.12. The number of carbonyl (C=O) groups excluding carboxylic acids is 2. The van der Waals surface area contributed by atoms with Crippen LogP contribution in [-0.2, 0) is 25.7 Å². The maximum atomic E-state index is 13.1. The summed E-state index contributed by atoms with van der Waals surface area (Å²) in [5.74, 6) is -1.94. The minimum atomic E-state index is -1.27. The van der Waals surface area contributed by atoms with E-state index in [1.165, 1.54) is 0 Å². The van der Waals surface area contributed by atoms with E-state index in [1.54, 1.807) is 6.92 Å². The van der Waals surface area contributed by atoms with Crippen LogP contribution in [0.2, 0.25) is 0 Å². The Morgan fingerprint density at radius 1 is 0.872 bits per heavy atom. The first-order valence-electron chi connectivity index (χ1n) is 13.2. The molecule has 3 aromatic carbocycles. The van der Waals surface area contributed by atoms with E-state index in [0.717, 1.165) is 40.7 Å². The van der Waals surface area contributed by atoms with E-state index in [-0.39, 0.29) is 25.0 Å². The number of nitrogens with one attached hydrogen (secondary N) is 2. The zero-order valence-corrected chi connectivity index (χ0v) is 21.7. The average molecular weight is 529 g/mol. The molecular weight excluding hydrogens is 496 g/mol. The molecule has 2 aliphatic rings. The largest absolute Gasteiger partial charge is 0.480 e. The normalized spacial score (nSPS) is 16.3. The molecule has 3 aromatic rings. The maximum Gasteiger partial charge on any atom is 0.407 e. The van der Waals surface area contributed by atoms with Crippen LogP contribution in [0.4, 0.5) is 4.79 Å². The molecule has 0 radical (unpaired) electrons. The summed E-state index contributed by atoms with van der Waals surface area (Å²) in [5.41, 5.74) is 5.34. The number of hydrogen-bond donors (Lipinski definition) is 3. The molecule has 3 N–H and O–H groups in total. The average Bonchev–Trinajstić information content (AvgIpc) is 3.74. The van der Waals surface area contributed by atoms with Crippen molar-refractivity contribution in [2.45, 2.75) is 50.5 Å². The fraction of sp³-hybridized carbons (Fsp3) is 0.323. The highest BCUT2D eigenvalue weighted by Crippen LogP contribution is 2.44. The molecule has 3 atom stereocenters. The number of carboxylic acids is 1. The molecule has 1 unspecified atom stereocenters. The first-order valence-corrected chi connectivity index (χ1v) is 13.2. The topological polar surface area (TPSA) is 114 Å². The van der Waals surface area contributed by atoms with E-state index in [1.807, 2.05) is 66.7 Å². The molecule has 0 spiro atoms. The van der Waals surface area contributed by atoms with E-state index < -0.39 is 36.2 Å². The summed E-state index contributed by atoms with van der Waals surface area (Å²) in [5, 5.41) is 15.0. The van der Waals surface area contributed by atoms with Gasteiger partial charge in [0.25, 0.3) is 0 Å². The van der Waals surface area contributed by atoms with Crippen LogP contribution in [0, 0.1) is 5.92 Å². The van der Waals surface area contributed by atoms with Gasteiger partial charge in [0, 0.05) is 5.92 Å². The van der Waals surface area contributed by atoms with Gasteiger partial charge < -0.3 is 25.2 Å². The van der Waals surface area contributed by atoms with E-state index >= 15 is 0 Å². The molecule has 202 valence electrons. The predicted molar refractivity (Wildman–Crippen MR) is 145 cm³/mol. The second-order valence-corrected chi connectivity index (χ2v) is 10.1. The molecule has 2 aliphatic carbocycles. The Bertz CT molecular complexity index is 1290. The van der Waals surface area contributed by atoms with Crippen molar-refractivity contribution in [3.8, 4) is 11.1 Å². The number of hydrogen-bond acceptors (Lipinski definition) is 5. The Morgan fingerprint density at radius 3 is 2.05 bits per heavy atom. The number of aliphatic carboxylic acids is 1. The first kappa shape index (κ1) is 26.4. The predicted octanol–water partition coefficient (Wildman–Crippen LogP) is 4.48. The van der Waals surface area contributed by atoms with Gasteiger partial charge in [-0.15, -0.1) is 0 Å². The Morgan fingerprint density at radius 2 is 1.46 bits per heavy atom. The lowest BCUT2D eigenvalue weighted by molar-refractivity contribution is -0.146. The Kier molecular flexibility index (Phi) is 7.93. The van der Waals surface area contributed by atoms with Gasteiger partial charge in [0.15, 0.2) is 6.04 Å². The summed E-state index contributed by atoms with van der Waals surface area (Å²) in [6, 6.07) is 23.3. The molecule has 8 nitrogen and oxygen atoms in total. The van der Waals surface area contributed by atoms with Gasteiger partial charge in [0.1, 0.15) is 12.6 Å². The van der Waals surface area contributed by atoms with Crippen molar-refractivity contribution < 1.29 is 29.0 Å².